The van der Waals surface area contributed by atoms with Crippen LogP contribution < -0.4 is 0 Å². The molecule has 8 nitrogen and oxygen atoms in total. The fourth-order valence-electron chi connectivity index (χ4n) is 2.11. The van der Waals surface area contributed by atoms with Gasteiger partial charge in [-0.25, -0.2) is 4.79 Å². The van der Waals surface area contributed by atoms with E-state index in [0.717, 1.165) is 0 Å². The Morgan fingerprint density at radius 2 is 1.67 bits per heavy atom. The molecule has 3 amide bonds. The van der Waals surface area contributed by atoms with Crippen molar-refractivity contribution in [3.63, 3.8) is 0 Å². The first-order chi connectivity index (χ1) is 9.85. The van der Waals surface area contributed by atoms with E-state index in [1.54, 1.807) is 23.9 Å². The number of carbonyl (C=O) groups is 3. The minimum atomic E-state index is -0.860. The number of carbonyl (C=O) groups excluding carboxylic acids is 2. The van der Waals surface area contributed by atoms with Gasteiger partial charge >= 0.3 is 12.0 Å². The molecule has 0 unspecified atom stereocenters. The summed E-state index contributed by atoms with van der Waals surface area (Å²) in [5, 5.41) is 8.75. The normalized spacial score (nSPS) is 15.7. The Kier molecular flexibility index (Phi) is 6.41. The zero-order valence-corrected chi connectivity index (χ0v) is 12.9. The highest BCUT2D eigenvalue weighted by molar-refractivity contribution is 5.83. The number of nitrogens with zero attached hydrogens (tertiary/aromatic N) is 4. The van der Waals surface area contributed by atoms with E-state index in [0.29, 0.717) is 32.7 Å². The van der Waals surface area contributed by atoms with Gasteiger partial charge in [0, 0.05) is 46.8 Å². The van der Waals surface area contributed by atoms with Gasteiger partial charge in [0.15, 0.2) is 0 Å². The predicted molar refractivity (Wildman–Crippen MR) is 77.0 cm³/mol. The number of aliphatic carboxylic acids is 1. The van der Waals surface area contributed by atoms with Gasteiger partial charge < -0.3 is 19.8 Å². The Balaban J connectivity index is 2.51. The second-order valence-corrected chi connectivity index (χ2v) is 5.24. The van der Waals surface area contributed by atoms with E-state index >= 15 is 0 Å². The van der Waals surface area contributed by atoms with E-state index in [1.807, 2.05) is 6.92 Å². The quantitative estimate of drug-likeness (QED) is 0.720. The average Bonchev–Trinajstić information content (AvgIpc) is 2.43. The molecule has 0 aromatic heterocycles. The molecule has 0 aromatic rings. The van der Waals surface area contributed by atoms with E-state index in [-0.39, 0.29) is 25.0 Å². The van der Waals surface area contributed by atoms with Gasteiger partial charge in [0.2, 0.25) is 5.91 Å². The summed E-state index contributed by atoms with van der Waals surface area (Å²) in [7, 11) is 3.32. The van der Waals surface area contributed by atoms with Crippen molar-refractivity contribution in [2.24, 2.45) is 0 Å². The third-order valence-corrected chi connectivity index (χ3v) is 3.48. The first kappa shape index (κ1) is 17.2. The Morgan fingerprint density at radius 1 is 1.10 bits per heavy atom. The molecule has 1 aliphatic rings. The first-order valence-corrected chi connectivity index (χ1v) is 7.03. The fourth-order valence-corrected chi connectivity index (χ4v) is 2.11. The van der Waals surface area contributed by atoms with E-state index in [9.17, 15) is 14.4 Å². The first-order valence-electron chi connectivity index (χ1n) is 7.03. The van der Waals surface area contributed by atoms with Crippen LogP contribution in [0.25, 0.3) is 0 Å². The molecule has 0 aliphatic carbocycles. The average molecular weight is 300 g/mol. The van der Waals surface area contributed by atoms with Crippen molar-refractivity contribution in [1.82, 2.24) is 19.6 Å². The number of hydrogen-bond acceptors (Lipinski definition) is 4. The predicted octanol–water partition coefficient (Wildman–Crippen LogP) is -0.781. The lowest BCUT2D eigenvalue weighted by Gasteiger charge is -2.36. The number of hydrogen-bond donors (Lipinski definition) is 1. The number of piperazine rings is 1. The minimum absolute atomic E-state index is 0.00135. The largest absolute Gasteiger partial charge is 0.480 e. The zero-order chi connectivity index (χ0) is 16.0. The summed E-state index contributed by atoms with van der Waals surface area (Å²) < 4.78 is 0. The van der Waals surface area contributed by atoms with E-state index < -0.39 is 5.97 Å². The third kappa shape index (κ3) is 5.22. The van der Waals surface area contributed by atoms with Crippen molar-refractivity contribution >= 4 is 17.9 Å². The van der Waals surface area contributed by atoms with Crippen LogP contribution in [0.4, 0.5) is 4.79 Å². The summed E-state index contributed by atoms with van der Waals surface area (Å²) in [6.45, 7) is 4.41. The number of carboxylic acids is 1. The molecular formula is C13H24N4O4. The van der Waals surface area contributed by atoms with Crippen LogP contribution in [0.3, 0.4) is 0 Å². The van der Waals surface area contributed by atoms with E-state index in [1.165, 1.54) is 9.80 Å². The molecule has 1 saturated heterocycles. The van der Waals surface area contributed by atoms with Crippen molar-refractivity contribution in [3.05, 3.63) is 0 Å². The highest BCUT2D eigenvalue weighted by Gasteiger charge is 2.26. The summed E-state index contributed by atoms with van der Waals surface area (Å²) in [6, 6.07) is -0.164. The summed E-state index contributed by atoms with van der Waals surface area (Å²) >= 11 is 0. The molecule has 0 spiro atoms. The Bertz CT molecular complexity index is 392. The van der Waals surface area contributed by atoms with Crippen LogP contribution in [0.5, 0.6) is 0 Å². The van der Waals surface area contributed by atoms with Gasteiger partial charge in [0.05, 0.1) is 6.54 Å². The lowest BCUT2D eigenvalue weighted by atomic mass is 10.3. The summed E-state index contributed by atoms with van der Waals surface area (Å²) in [4.78, 5) is 41.2. The SMILES string of the molecule is CCN(CC(=O)N(C)C)C(=O)N1CCN(CC(=O)O)CC1. The van der Waals surface area contributed by atoms with Crippen LogP contribution in [0.15, 0.2) is 0 Å². The van der Waals surface area contributed by atoms with Crippen LogP contribution >= 0.6 is 0 Å². The molecule has 1 fully saturated rings. The minimum Gasteiger partial charge on any atom is -0.480 e. The van der Waals surface area contributed by atoms with Gasteiger partial charge in [-0.3, -0.25) is 14.5 Å². The molecule has 0 bridgehead atoms. The molecule has 0 saturated carbocycles. The monoisotopic (exact) mass is 300 g/mol. The molecule has 1 heterocycles. The molecule has 21 heavy (non-hydrogen) atoms. The van der Waals surface area contributed by atoms with Gasteiger partial charge in [-0.1, -0.05) is 0 Å². The van der Waals surface area contributed by atoms with Crippen molar-refractivity contribution in [3.8, 4) is 0 Å². The summed E-state index contributed by atoms with van der Waals surface area (Å²) in [5.41, 5.74) is 0. The van der Waals surface area contributed by atoms with Crippen LogP contribution in [0, 0.1) is 0 Å². The van der Waals surface area contributed by atoms with E-state index in [2.05, 4.69) is 0 Å². The smallest absolute Gasteiger partial charge is 0.320 e. The molecule has 120 valence electrons. The van der Waals surface area contributed by atoms with Crippen molar-refractivity contribution in [2.75, 3.05) is 59.9 Å². The number of rotatable bonds is 5. The highest BCUT2D eigenvalue weighted by Crippen LogP contribution is 2.06. The van der Waals surface area contributed by atoms with Gasteiger partial charge in [-0.05, 0) is 6.92 Å². The molecule has 1 N–H and O–H groups in total. The van der Waals surface area contributed by atoms with Gasteiger partial charge in [0.1, 0.15) is 6.54 Å². The standard InChI is InChI=1S/C13H24N4O4/c1-4-16(9-11(18)14(2)3)13(21)17-7-5-15(6-8-17)10-12(19)20/h4-10H2,1-3H3,(H,19,20). The maximum Gasteiger partial charge on any atom is 0.320 e. The molecule has 0 aromatic carbocycles. The third-order valence-electron chi connectivity index (χ3n) is 3.48. The van der Waals surface area contributed by atoms with E-state index in [4.69, 9.17) is 5.11 Å². The highest BCUT2D eigenvalue weighted by atomic mass is 16.4. The van der Waals surface area contributed by atoms with Gasteiger partial charge in [0.25, 0.3) is 0 Å². The number of carboxylic acid groups (broad SMARTS) is 1. The van der Waals surface area contributed by atoms with Crippen LogP contribution in [0.1, 0.15) is 6.92 Å². The summed E-state index contributed by atoms with van der Waals surface area (Å²) in [5.74, 6) is -0.976. The van der Waals surface area contributed by atoms with Gasteiger partial charge in [-0.2, -0.15) is 0 Å². The molecular weight excluding hydrogens is 276 g/mol. The molecule has 0 radical (unpaired) electrons. The molecule has 0 atom stereocenters. The van der Waals surface area contributed by atoms with Crippen molar-refractivity contribution in [2.45, 2.75) is 6.92 Å². The molecule has 1 aliphatic heterocycles. The fraction of sp³-hybridized carbons (Fsp3) is 0.769. The Labute approximate surface area is 124 Å². The summed E-state index contributed by atoms with van der Waals surface area (Å²) in [6.07, 6.45) is 0. The van der Waals surface area contributed by atoms with Crippen LogP contribution in [0.2, 0.25) is 0 Å². The maximum absolute atomic E-state index is 12.4. The van der Waals surface area contributed by atoms with Crippen LogP contribution in [-0.4, -0.2) is 103 Å². The molecule has 8 heteroatoms. The zero-order valence-electron chi connectivity index (χ0n) is 12.9. The van der Waals surface area contributed by atoms with Crippen molar-refractivity contribution < 1.29 is 19.5 Å². The Morgan fingerprint density at radius 3 is 2.10 bits per heavy atom. The number of urea groups is 1. The van der Waals surface area contributed by atoms with Gasteiger partial charge in [-0.15, -0.1) is 0 Å². The number of likely N-dealkylation sites (N-methyl/N-ethyl adjacent to an activating group) is 2. The Hall–Kier alpha value is -1.83. The maximum atomic E-state index is 12.4. The number of amides is 3. The van der Waals surface area contributed by atoms with Crippen LogP contribution in [-0.2, 0) is 9.59 Å². The molecule has 1 rings (SSSR count). The topological polar surface area (TPSA) is 84.4 Å². The second-order valence-electron chi connectivity index (χ2n) is 5.24. The lowest BCUT2D eigenvalue weighted by Crippen LogP contribution is -2.54. The lowest BCUT2D eigenvalue weighted by molar-refractivity contribution is -0.138. The second kappa shape index (κ2) is 7.82. The van der Waals surface area contributed by atoms with Crippen molar-refractivity contribution in [1.29, 1.82) is 0 Å².